The van der Waals surface area contributed by atoms with Crippen LogP contribution in [0.5, 0.6) is 0 Å². The second kappa shape index (κ2) is 8.74. The molecule has 3 amide bonds. The topological polar surface area (TPSA) is 87.3 Å². The van der Waals surface area contributed by atoms with Gasteiger partial charge in [-0.15, -0.1) is 0 Å². The number of carbonyl (C=O) groups excluding carboxylic acids is 3. The minimum absolute atomic E-state index is 0.169. The van der Waals surface area contributed by atoms with E-state index in [0.717, 1.165) is 18.2 Å². The monoisotopic (exact) mass is 251 g/mol. The Bertz CT molecular complexity index is 340. The molecular formula is C12H17N3O3. The molecule has 0 aliphatic heterocycles. The molecule has 0 fully saturated rings. The van der Waals surface area contributed by atoms with Crippen LogP contribution in [0.1, 0.15) is 0 Å². The standard InChI is InChI=1S/C12H17N3O3/c1-4-10(16)13-7-9(15-12(18)6-3)8-14-11(17)5-2/h4-6,9H,1-3,7-8H2,(H,13,16)(H,14,17)(H,15,18). The average molecular weight is 251 g/mol. The van der Waals surface area contributed by atoms with Crippen molar-refractivity contribution < 1.29 is 14.4 Å². The fraction of sp³-hybridized carbons (Fsp3) is 0.250. The molecule has 3 N–H and O–H groups in total. The third-order valence-electron chi connectivity index (χ3n) is 1.95. The number of amides is 3. The van der Waals surface area contributed by atoms with Crippen LogP contribution in [0, 0.1) is 0 Å². The molecule has 0 aromatic heterocycles. The molecule has 0 bridgehead atoms. The summed E-state index contributed by atoms with van der Waals surface area (Å²) in [6.45, 7) is 10.3. The Balaban J connectivity index is 4.31. The average Bonchev–Trinajstić information content (AvgIpc) is 2.40. The van der Waals surface area contributed by atoms with Crippen molar-refractivity contribution >= 4 is 17.7 Å². The van der Waals surface area contributed by atoms with Gasteiger partial charge < -0.3 is 16.0 Å². The lowest BCUT2D eigenvalue weighted by molar-refractivity contribution is -0.119. The lowest BCUT2D eigenvalue weighted by Gasteiger charge is -2.18. The maximum Gasteiger partial charge on any atom is 0.243 e. The Morgan fingerprint density at radius 1 is 0.833 bits per heavy atom. The molecule has 6 nitrogen and oxygen atoms in total. The zero-order valence-corrected chi connectivity index (χ0v) is 10.1. The molecule has 0 aromatic rings. The SMILES string of the molecule is C=CC(=O)NCC(CNC(=O)C=C)NC(=O)C=C. The summed E-state index contributed by atoms with van der Waals surface area (Å²) in [5.74, 6) is -1.11. The first-order valence-electron chi connectivity index (χ1n) is 5.27. The van der Waals surface area contributed by atoms with E-state index in [1.165, 1.54) is 0 Å². The number of rotatable bonds is 8. The Morgan fingerprint density at radius 2 is 1.22 bits per heavy atom. The van der Waals surface area contributed by atoms with Crippen LogP contribution in [0.3, 0.4) is 0 Å². The highest BCUT2D eigenvalue weighted by Gasteiger charge is 2.11. The van der Waals surface area contributed by atoms with Gasteiger partial charge in [-0.3, -0.25) is 14.4 Å². The molecule has 0 atom stereocenters. The molecule has 18 heavy (non-hydrogen) atoms. The summed E-state index contributed by atoms with van der Waals surface area (Å²) >= 11 is 0. The van der Waals surface area contributed by atoms with Gasteiger partial charge in [0.1, 0.15) is 0 Å². The quantitative estimate of drug-likeness (QED) is 0.497. The first-order chi connectivity index (χ1) is 8.53. The molecule has 0 radical (unpaired) electrons. The van der Waals surface area contributed by atoms with E-state index in [9.17, 15) is 14.4 Å². The van der Waals surface area contributed by atoms with Gasteiger partial charge in [-0.1, -0.05) is 19.7 Å². The van der Waals surface area contributed by atoms with E-state index in [0.29, 0.717) is 0 Å². The van der Waals surface area contributed by atoms with E-state index in [2.05, 4.69) is 35.7 Å². The minimum atomic E-state index is -0.441. The van der Waals surface area contributed by atoms with E-state index in [1.54, 1.807) is 0 Å². The number of hydrogen-bond acceptors (Lipinski definition) is 3. The number of nitrogens with one attached hydrogen (secondary N) is 3. The Morgan fingerprint density at radius 3 is 1.56 bits per heavy atom. The summed E-state index contributed by atoms with van der Waals surface area (Å²) < 4.78 is 0. The van der Waals surface area contributed by atoms with Gasteiger partial charge in [-0.05, 0) is 18.2 Å². The van der Waals surface area contributed by atoms with E-state index < -0.39 is 6.04 Å². The van der Waals surface area contributed by atoms with Crippen molar-refractivity contribution in [2.45, 2.75) is 6.04 Å². The third-order valence-corrected chi connectivity index (χ3v) is 1.95. The minimum Gasteiger partial charge on any atom is -0.350 e. The molecule has 0 unspecified atom stereocenters. The van der Waals surface area contributed by atoms with E-state index in [1.807, 2.05) is 0 Å². The van der Waals surface area contributed by atoms with Gasteiger partial charge in [-0.25, -0.2) is 0 Å². The van der Waals surface area contributed by atoms with Crippen molar-refractivity contribution in [1.82, 2.24) is 16.0 Å². The summed E-state index contributed by atoms with van der Waals surface area (Å²) in [4.78, 5) is 33.2. The Kier molecular flexibility index (Phi) is 7.59. The van der Waals surface area contributed by atoms with Crippen LogP contribution in [-0.2, 0) is 14.4 Å². The molecule has 98 valence electrons. The van der Waals surface area contributed by atoms with Gasteiger partial charge in [0.25, 0.3) is 0 Å². The summed E-state index contributed by atoms with van der Waals surface area (Å²) in [7, 11) is 0. The van der Waals surface area contributed by atoms with Crippen molar-refractivity contribution in [2.24, 2.45) is 0 Å². The maximum atomic E-state index is 11.2. The van der Waals surface area contributed by atoms with Crippen molar-refractivity contribution in [1.29, 1.82) is 0 Å². The zero-order chi connectivity index (χ0) is 14.0. The number of hydrogen-bond donors (Lipinski definition) is 3. The molecule has 0 rings (SSSR count). The number of carbonyl (C=O) groups is 3. The second-order valence-electron chi connectivity index (χ2n) is 3.31. The van der Waals surface area contributed by atoms with Crippen molar-refractivity contribution in [3.8, 4) is 0 Å². The smallest absolute Gasteiger partial charge is 0.243 e. The highest BCUT2D eigenvalue weighted by Crippen LogP contribution is 1.83. The van der Waals surface area contributed by atoms with Gasteiger partial charge in [0.05, 0.1) is 6.04 Å². The molecule has 0 saturated heterocycles. The van der Waals surface area contributed by atoms with E-state index >= 15 is 0 Å². The predicted octanol–water partition coefficient (Wildman–Crippen LogP) is -0.738. The summed E-state index contributed by atoms with van der Waals surface area (Å²) in [5.41, 5.74) is 0. The fourth-order valence-electron chi connectivity index (χ4n) is 1.03. The van der Waals surface area contributed by atoms with Crippen LogP contribution in [0.15, 0.2) is 38.0 Å². The maximum absolute atomic E-state index is 11.2. The van der Waals surface area contributed by atoms with Crippen molar-refractivity contribution in [3.05, 3.63) is 38.0 Å². The summed E-state index contributed by atoms with van der Waals surface area (Å²) in [6.07, 6.45) is 3.35. The van der Waals surface area contributed by atoms with Gasteiger partial charge in [0.2, 0.25) is 17.7 Å². The molecule has 0 spiro atoms. The molecular weight excluding hydrogens is 234 g/mol. The summed E-state index contributed by atoms with van der Waals surface area (Å²) in [6, 6.07) is -0.441. The van der Waals surface area contributed by atoms with Crippen LogP contribution >= 0.6 is 0 Å². The van der Waals surface area contributed by atoms with Crippen molar-refractivity contribution in [2.75, 3.05) is 13.1 Å². The van der Waals surface area contributed by atoms with Gasteiger partial charge in [-0.2, -0.15) is 0 Å². The lowest BCUT2D eigenvalue weighted by Crippen LogP contribution is -2.49. The van der Waals surface area contributed by atoms with Crippen LogP contribution in [0.25, 0.3) is 0 Å². The van der Waals surface area contributed by atoms with Crippen LogP contribution < -0.4 is 16.0 Å². The highest BCUT2D eigenvalue weighted by atomic mass is 16.2. The zero-order valence-electron chi connectivity index (χ0n) is 10.1. The molecule has 6 heteroatoms. The van der Waals surface area contributed by atoms with Gasteiger partial charge >= 0.3 is 0 Å². The largest absolute Gasteiger partial charge is 0.350 e. The predicted molar refractivity (Wildman–Crippen MR) is 68.5 cm³/mol. The van der Waals surface area contributed by atoms with Crippen LogP contribution in [-0.4, -0.2) is 36.9 Å². The molecule has 0 aromatic carbocycles. The summed E-state index contributed by atoms with van der Waals surface area (Å²) in [5, 5.41) is 7.61. The molecule has 0 aliphatic carbocycles. The van der Waals surface area contributed by atoms with Crippen LogP contribution in [0.4, 0.5) is 0 Å². The van der Waals surface area contributed by atoms with Gasteiger partial charge in [0.15, 0.2) is 0 Å². The first kappa shape index (κ1) is 15.6. The van der Waals surface area contributed by atoms with Crippen molar-refractivity contribution in [3.63, 3.8) is 0 Å². The normalized spacial score (nSPS) is 9.17. The second-order valence-corrected chi connectivity index (χ2v) is 3.31. The lowest BCUT2D eigenvalue weighted by atomic mass is 10.2. The van der Waals surface area contributed by atoms with Crippen LogP contribution in [0.2, 0.25) is 0 Å². The fourth-order valence-corrected chi connectivity index (χ4v) is 1.03. The Labute approximate surface area is 106 Å². The first-order valence-corrected chi connectivity index (χ1v) is 5.27. The van der Waals surface area contributed by atoms with E-state index in [-0.39, 0.29) is 30.8 Å². The Hall–Kier alpha value is -2.37. The highest BCUT2D eigenvalue weighted by molar-refractivity contribution is 5.88. The molecule has 0 saturated carbocycles. The third kappa shape index (κ3) is 7.00. The molecule has 0 aliphatic rings. The van der Waals surface area contributed by atoms with E-state index in [4.69, 9.17) is 0 Å². The molecule has 0 heterocycles. The van der Waals surface area contributed by atoms with Gasteiger partial charge in [0, 0.05) is 13.1 Å².